The summed E-state index contributed by atoms with van der Waals surface area (Å²) in [6.07, 6.45) is 1.62. The Balaban J connectivity index is 2.29. The molecule has 0 fully saturated rings. The maximum Gasteiger partial charge on any atom is 0.238 e. The van der Waals surface area contributed by atoms with Crippen molar-refractivity contribution in [3.05, 3.63) is 48.0 Å². The van der Waals surface area contributed by atoms with Crippen molar-refractivity contribution < 1.29 is 17.9 Å². The maximum absolute atomic E-state index is 11.2. The summed E-state index contributed by atoms with van der Waals surface area (Å²) in [5.41, 5.74) is 1.34. The third-order valence-corrected chi connectivity index (χ3v) is 3.88. The Hall–Kier alpha value is -2.38. The molecule has 0 bridgehead atoms. The number of sulfonamides is 1. The van der Waals surface area contributed by atoms with Crippen LogP contribution in [0.1, 0.15) is 5.56 Å². The van der Waals surface area contributed by atoms with Crippen molar-refractivity contribution in [1.82, 2.24) is 0 Å². The van der Waals surface area contributed by atoms with Crippen LogP contribution in [0.15, 0.2) is 52.4 Å². The highest BCUT2D eigenvalue weighted by molar-refractivity contribution is 7.89. The van der Waals surface area contributed by atoms with E-state index in [1.54, 1.807) is 38.6 Å². The van der Waals surface area contributed by atoms with Crippen molar-refractivity contribution >= 4 is 21.9 Å². The van der Waals surface area contributed by atoms with Gasteiger partial charge in [0.25, 0.3) is 0 Å². The molecule has 6 nitrogen and oxygen atoms in total. The molecule has 2 rings (SSSR count). The summed E-state index contributed by atoms with van der Waals surface area (Å²) in [5.74, 6) is 1.19. The molecule has 2 N–H and O–H groups in total. The molecule has 0 saturated heterocycles. The molecule has 0 saturated carbocycles. The van der Waals surface area contributed by atoms with E-state index in [-0.39, 0.29) is 4.90 Å². The van der Waals surface area contributed by atoms with Gasteiger partial charge >= 0.3 is 0 Å². The van der Waals surface area contributed by atoms with E-state index in [9.17, 15) is 8.42 Å². The average Bonchev–Trinajstić information content (AvgIpc) is 2.51. The minimum absolute atomic E-state index is 0.0467. The summed E-state index contributed by atoms with van der Waals surface area (Å²) >= 11 is 0. The zero-order chi connectivity index (χ0) is 16.2. The van der Waals surface area contributed by atoms with Crippen LogP contribution in [-0.2, 0) is 10.0 Å². The second-order valence-electron chi connectivity index (χ2n) is 4.38. The number of hydrogen-bond acceptors (Lipinski definition) is 5. The van der Waals surface area contributed by atoms with Gasteiger partial charge in [0.15, 0.2) is 11.5 Å². The summed E-state index contributed by atoms with van der Waals surface area (Å²) in [7, 11) is -0.583. The average molecular weight is 320 g/mol. The number of ether oxygens (including phenoxy) is 2. The lowest BCUT2D eigenvalue weighted by Gasteiger charge is -2.09. The first-order chi connectivity index (χ1) is 10.5. The van der Waals surface area contributed by atoms with Crippen LogP contribution in [0.4, 0.5) is 5.69 Å². The molecular weight excluding hydrogens is 304 g/mol. The standard InChI is InChI=1S/C15H16N2O4S/c1-20-14-5-3-4-11(15(14)21-2)10-17-12-6-8-13(9-7-12)22(16,18)19/h3-10H,1-2H3,(H2,16,18,19)/b17-10+. The molecule has 0 aliphatic rings. The molecule has 2 aromatic carbocycles. The van der Waals surface area contributed by atoms with Crippen molar-refractivity contribution in [2.45, 2.75) is 4.90 Å². The molecule has 0 aliphatic carbocycles. The summed E-state index contributed by atoms with van der Waals surface area (Å²) in [5, 5.41) is 5.05. The largest absolute Gasteiger partial charge is 0.493 e. The number of para-hydroxylation sites is 1. The summed E-state index contributed by atoms with van der Waals surface area (Å²) in [4.78, 5) is 4.33. The molecule has 0 unspecified atom stereocenters. The van der Waals surface area contributed by atoms with E-state index < -0.39 is 10.0 Å². The molecule has 22 heavy (non-hydrogen) atoms. The van der Waals surface area contributed by atoms with E-state index in [0.29, 0.717) is 17.2 Å². The van der Waals surface area contributed by atoms with E-state index in [4.69, 9.17) is 14.6 Å². The molecule has 2 aromatic rings. The van der Waals surface area contributed by atoms with Crippen molar-refractivity contribution in [3.8, 4) is 11.5 Å². The monoisotopic (exact) mass is 320 g/mol. The van der Waals surface area contributed by atoms with Gasteiger partial charge in [-0.05, 0) is 36.4 Å². The van der Waals surface area contributed by atoms with E-state index in [2.05, 4.69) is 4.99 Å². The van der Waals surface area contributed by atoms with Crippen LogP contribution in [0, 0.1) is 0 Å². The maximum atomic E-state index is 11.2. The molecule has 0 amide bonds. The van der Waals surface area contributed by atoms with Gasteiger partial charge in [0.1, 0.15) is 0 Å². The topological polar surface area (TPSA) is 91.0 Å². The van der Waals surface area contributed by atoms with Crippen molar-refractivity contribution in [2.24, 2.45) is 10.1 Å². The van der Waals surface area contributed by atoms with Gasteiger partial charge in [0, 0.05) is 11.8 Å². The van der Waals surface area contributed by atoms with Gasteiger partial charge in [-0.1, -0.05) is 6.07 Å². The second-order valence-corrected chi connectivity index (χ2v) is 5.94. The van der Waals surface area contributed by atoms with Crippen LogP contribution < -0.4 is 14.6 Å². The highest BCUT2D eigenvalue weighted by Crippen LogP contribution is 2.29. The Morgan fingerprint density at radius 2 is 1.73 bits per heavy atom. The highest BCUT2D eigenvalue weighted by Gasteiger charge is 2.08. The van der Waals surface area contributed by atoms with Crippen LogP contribution in [0.25, 0.3) is 0 Å². The van der Waals surface area contributed by atoms with Gasteiger partial charge in [-0.25, -0.2) is 13.6 Å². The van der Waals surface area contributed by atoms with Gasteiger partial charge in [0.2, 0.25) is 10.0 Å². The lowest BCUT2D eigenvalue weighted by molar-refractivity contribution is 0.354. The third-order valence-electron chi connectivity index (χ3n) is 2.95. The third kappa shape index (κ3) is 3.63. The van der Waals surface area contributed by atoms with Gasteiger partial charge < -0.3 is 9.47 Å². The second kappa shape index (κ2) is 6.59. The lowest BCUT2D eigenvalue weighted by Crippen LogP contribution is -2.11. The quantitative estimate of drug-likeness (QED) is 0.854. The van der Waals surface area contributed by atoms with Crippen LogP contribution in [0.5, 0.6) is 11.5 Å². The molecule has 0 heterocycles. The number of methoxy groups -OCH3 is 2. The van der Waals surface area contributed by atoms with E-state index in [1.165, 1.54) is 12.1 Å². The van der Waals surface area contributed by atoms with Crippen LogP contribution >= 0.6 is 0 Å². The lowest BCUT2D eigenvalue weighted by atomic mass is 10.2. The number of primary sulfonamides is 1. The van der Waals surface area contributed by atoms with Gasteiger partial charge in [-0.3, -0.25) is 4.99 Å². The Morgan fingerprint density at radius 3 is 2.27 bits per heavy atom. The molecule has 0 aliphatic heterocycles. The van der Waals surface area contributed by atoms with E-state index in [0.717, 1.165) is 5.56 Å². The zero-order valence-electron chi connectivity index (χ0n) is 12.2. The van der Waals surface area contributed by atoms with Crippen LogP contribution in [0.3, 0.4) is 0 Å². The summed E-state index contributed by atoms with van der Waals surface area (Å²) in [6, 6.07) is 11.4. The summed E-state index contributed by atoms with van der Waals surface area (Å²) in [6.45, 7) is 0. The normalized spacial score (nSPS) is 11.6. The van der Waals surface area contributed by atoms with E-state index in [1.807, 2.05) is 12.1 Å². The number of rotatable bonds is 5. The van der Waals surface area contributed by atoms with Gasteiger partial charge in [-0.15, -0.1) is 0 Å². The minimum atomic E-state index is -3.69. The van der Waals surface area contributed by atoms with Crippen LogP contribution in [-0.4, -0.2) is 28.9 Å². The van der Waals surface area contributed by atoms with E-state index >= 15 is 0 Å². The van der Waals surface area contributed by atoms with Crippen molar-refractivity contribution in [1.29, 1.82) is 0 Å². The van der Waals surface area contributed by atoms with Crippen LogP contribution in [0.2, 0.25) is 0 Å². The Kier molecular flexibility index (Phi) is 4.79. The molecule has 116 valence electrons. The zero-order valence-corrected chi connectivity index (χ0v) is 13.0. The molecule has 0 radical (unpaired) electrons. The number of nitrogens with zero attached hydrogens (tertiary/aromatic N) is 1. The van der Waals surface area contributed by atoms with Crippen molar-refractivity contribution in [3.63, 3.8) is 0 Å². The number of hydrogen-bond donors (Lipinski definition) is 1. The van der Waals surface area contributed by atoms with Gasteiger partial charge in [0.05, 0.1) is 24.8 Å². The molecule has 0 atom stereocenters. The Morgan fingerprint density at radius 1 is 1.05 bits per heavy atom. The Bertz CT molecular complexity index is 784. The SMILES string of the molecule is COc1cccc(/C=N/c2ccc(S(N)(=O)=O)cc2)c1OC. The summed E-state index contributed by atoms with van der Waals surface area (Å²) < 4.78 is 32.9. The minimum Gasteiger partial charge on any atom is -0.493 e. The fourth-order valence-corrected chi connectivity index (χ4v) is 2.40. The molecule has 7 heteroatoms. The number of benzene rings is 2. The molecular formula is C15H16N2O4S. The van der Waals surface area contributed by atoms with Crippen molar-refractivity contribution in [2.75, 3.05) is 14.2 Å². The smallest absolute Gasteiger partial charge is 0.238 e. The fraction of sp³-hybridized carbons (Fsp3) is 0.133. The predicted molar refractivity (Wildman–Crippen MR) is 84.6 cm³/mol. The van der Waals surface area contributed by atoms with Gasteiger partial charge in [-0.2, -0.15) is 0 Å². The number of aliphatic imine (C=N–C) groups is 1. The number of nitrogens with two attached hydrogens (primary N) is 1. The highest BCUT2D eigenvalue weighted by atomic mass is 32.2. The molecule has 0 spiro atoms. The first kappa shape index (κ1) is 16.0. The predicted octanol–water partition coefficient (Wildman–Crippen LogP) is 2.10. The fourth-order valence-electron chi connectivity index (χ4n) is 1.88. The first-order valence-electron chi connectivity index (χ1n) is 6.33. The first-order valence-corrected chi connectivity index (χ1v) is 7.88. The Labute approximate surface area is 129 Å². The molecule has 0 aromatic heterocycles.